The number of carbonyl (C=O) groups excluding carboxylic acids is 2. The van der Waals surface area contributed by atoms with Crippen molar-refractivity contribution in [1.82, 2.24) is 20.6 Å². The summed E-state index contributed by atoms with van der Waals surface area (Å²) >= 11 is 0. The first kappa shape index (κ1) is 25.2. The minimum absolute atomic E-state index is 0.00106. The van der Waals surface area contributed by atoms with Crippen molar-refractivity contribution in [2.24, 2.45) is 11.8 Å². The maximum atomic E-state index is 13.3. The van der Waals surface area contributed by atoms with Crippen LogP contribution in [0.15, 0.2) is 42.5 Å². The molecule has 37 heavy (non-hydrogen) atoms. The van der Waals surface area contributed by atoms with Crippen molar-refractivity contribution < 1.29 is 19.4 Å². The lowest BCUT2D eigenvalue weighted by Crippen LogP contribution is -2.55. The molecule has 9 nitrogen and oxygen atoms in total. The monoisotopic (exact) mass is 505 g/mol. The van der Waals surface area contributed by atoms with E-state index in [1.54, 1.807) is 18.5 Å². The molecular weight excluding hydrogens is 470 g/mol. The van der Waals surface area contributed by atoms with Gasteiger partial charge in [0.1, 0.15) is 5.75 Å². The minimum Gasteiger partial charge on any atom is -0.493 e. The number of hydrogen-bond acceptors (Lipinski definition) is 6. The highest BCUT2D eigenvalue weighted by atomic mass is 16.5. The Hall–Kier alpha value is -3.43. The highest BCUT2D eigenvalue weighted by Gasteiger charge is 2.41. The Kier molecular flexibility index (Phi) is 6.92. The van der Waals surface area contributed by atoms with Gasteiger partial charge in [0.05, 0.1) is 30.3 Å². The summed E-state index contributed by atoms with van der Waals surface area (Å²) < 4.78 is 7.67. The molecule has 1 saturated carbocycles. The van der Waals surface area contributed by atoms with Crippen LogP contribution in [0.1, 0.15) is 68.5 Å². The van der Waals surface area contributed by atoms with Crippen LogP contribution in [0.4, 0.5) is 5.69 Å². The second-order valence-electron chi connectivity index (χ2n) is 10.6. The van der Waals surface area contributed by atoms with E-state index in [1.165, 1.54) is 0 Å². The van der Waals surface area contributed by atoms with Gasteiger partial charge in [-0.3, -0.25) is 19.7 Å². The molecule has 2 heterocycles. The largest absolute Gasteiger partial charge is 0.493 e. The highest BCUT2D eigenvalue weighted by Crippen LogP contribution is 2.43. The first-order valence-corrected chi connectivity index (χ1v) is 13.1. The smallest absolute Gasteiger partial charge is 0.276 e. The number of carbonyl (C=O) groups is 2. The van der Waals surface area contributed by atoms with Crippen molar-refractivity contribution in [1.29, 1.82) is 0 Å². The van der Waals surface area contributed by atoms with Gasteiger partial charge in [0.15, 0.2) is 5.69 Å². The summed E-state index contributed by atoms with van der Waals surface area (Å²) in [6.07, 6.45) is 4.07. The van der Waals surface area contributed by atoms with E-state index in [2.05, 4.69) is 21.3 Å². The molecule has 2 aromatic carbocycles. The van der Waals surface area contributed by atoms with Crippen LogP contribution >= 0.6 is 0 Å². The van der Waals surface area contributed by atoms with E-state index in [0.717, 1.165) is 42.1 Å². The molecule has 9 heteroatoms. The molecule has 196 valence electrons. The van der Waals surface area contributed by atoms with Gasteiger partial charge in [-0.15, -0.1) is 0 Å². The van der Waals surface area contributed by atoms with Gasteiger partial charge in [-0.05, 0) is 51.7 Å². The minimum atomic E-state index is -0.977. The van der Waals surface area contributed by atoms with Crippen LogP contribution in [0.5, 0.6) is 5.75 Å². The molecule has 1 aliphatic carbocycles. The predicted octanol–water partition coefficient (Wildman–Crippen LogP) is 3.94. The number of amides is 2. The lowest BCUT2D eigenvalue weighted by Gasteiger charge is -2.41. The van der Waals surface area contributed by atoms with Crippen molar-refractivity contribution in [2.75, 3.05) is 11.9 Å². The third-order valence-corrected chi connectivity index (χ3v) is 7.25. The summed E-state index contributed by atoms with van der Waals surface area (Å²) in [5.41, 5.74) is 7.74. The summed E-state index contributed by atoms with van der Waals surface area (Å²) in [5, 5.41) is 18.5. The van der Waals surface area contributed by atoms with E-state index in [1.807, 2.05) is 49.4 Å². The Morgan fingerprint density at radius 1 is 1.22 bits per heavy atom. The van der Waals surface area contributed by atoms with Crippen LogP contribution < -0.4 is 20.9 Å². The van der Waals surface area contributed by atoms with Crippen LogP contribution in [-0.2, 0) is 11.3 Å². The van der Waals surface area contributed by atoms with Crippen LogP contribution in [-0.4, -0.2) is 38.9 Å². The number of hydrogen-bond donors (Lipinski definition) is 4. The van der Waals surface area contributed by atoms with Crippen molar-refractivity contribution >= 4 is 28.4 Å². The van der Waals surface area contributed by atoms with Crippen molar-refractivity contribution in [3.8, 4) is 5.75 Å². The number of para-hydroxylation sites is 1. The van der Waals surface area contributed by atoms with Gasteiger partial charge in [0.2, 0.25) is 5.91 Å². The van der Waals surface area contributed by atoms with Gasteiger partial charge in [-0.25, -0.2) is 5.43 Å². The molecule has 3 atom stereocenters. The van der Waals surface area contributed by atoms with E-state index in [0.29, 0.717) is 23.7 Å². The maximum Gasteiger partial charge on any atom is 0.276 e. The van der Waals surface area contributed by atoms with Crippen molar-refractivity contribution in [2.45, 2.75) is 64.6 Å². The van der Waals surface area contributed by atoms with Gasteiger partial charge < -0.3 is 15.2 Å². The van der Waals surface area contributed by atoms with Gasteiger partial charge in [-0.2, -0.15) is 5.10 Å². The number of ether oxygens (including phenoxy) is 1. The van der Waals surface area contributed by atoms with E-state index in [9.17, 15) is 14.7 Å². The SMILES string of the molecule is CCOc1cc(NC(=O)c2nn(CC(C)(C)O)c3ccccc23)ccc1C1NNC(=O)C2CCCCC21. The van der Waals surface area contributed by atoms with Gasteiger partial charge in [0, 0.05) is 28.6 Å². The molecule has 2 aliphatic rings. The van der Waals surface area contributed by atoms with E-state index in [-0.39, 0.29) is 36.2 Å². The van der Waals surface area contributed by atoms with Gasteiger partial charge >= 0.3 is 0 Å². The van der Waals surface area contributed by atoms with Crippen LogP contribution in [0, 0.1) is 11.8 Å². The Bertz CT molecular complexity index is 1310. The topological polar surface area (TPSA) is 118 Å². The molecule has 3 aromatic rings. The third-order valence-electron chi connectivity index (χ3n) is 7.25. The average molecular weight is 506 g/mol. The highest BCUT2D eigenvalue weighted by molar-refractivity contribution is 6.11. The van der Waals surface area contributed by atoms with Crippen LogP contribution in [0.2, 0.25) is 0 Å². The Labute approximate surface area is 216 Å². The van der Waals surface area contributed by atoms with Crippen LogP contribution in [0.25, 0.3) is 10.9 Å². The number of rotatable bonds is 7. The fourth-order valence-electron chi connectivity index (χ4n) is 5.66. The summed E-state index contributed by atoms with van der Waals surface area (Å²) in [5.74, 6) is 0.612. The van der Waals surface area contributed by atoms with Crippen LogP contribution in [0.3, 0.4) is 0 Å². The van der Waals surface area contributed by atoms with E-state index < -0.39 is 5.60 Å². The molecule has 2 amide bonds. The fourth-order valence-corrected chi connectivity index (χ4v) is 5.66. The quantitative estimate of drug-likeness (QED) is 0.386. The summed E-state index contributed by atoms with van der Waals surface area (Å²) in [7, 11) is 0. The lowest BCUT2D eigenvalue weighted by atomic mass is 9.72. The normalized spacial score (nSPS) is 21.8. The van der Waals surface area contributed by atoms with E-state index in [4.69, 9.17) is 4.74 Å². The molecule has 0 bridgehead atoms. The Morgan fingerprint density at radius 3 is 2.78 bits per heavy atom. The third kappa shape index (κ3) is 5.19. The lowest BCUT2D eigenvalue weighted by molar-refractivity contribution is -0.133. The molecule has 1 aromatic heterocycles. The number of aliphatic hydroxyl groups is 1. The molecule has 1 aliphatic heterocycles. The standard InChI is InChI=1S/C28H35N5O4/c1-4-37-23-15-17(13-14-21(23)24-18-9-5-6-10-19(18)26(34)31-30-24)29-27(35)25-20-11-7-8-12-22(20)33(32-25)16-28(2,3)36/h7-8,11-15,18-19,24,30,36H,4-6,9-10,16H2,1-3H3,(H,29,35)(H,31,34). The predicted molar refractivity (Wildman–Crippen MR) is 141 cm³/mol. The zero-order valence-electron chi connectivity index (χ0n) is 21.6. The summed E-state index contributed by atoms with van der Waals surface area (Å²) in [6.45, 7) is 6.08. The van der Waals surface area contributed by atoms with Gasteiger partial charge in [0.25, 0.3) is 5.91 Å². The first-order valence-electron chi connectivity index (χ1n) is 13.1. The molecule has 1 saturated heterocycles. The number of benzene rings is 2. The Morgan fingerprint density at radius 2 is 2.00 bits per heavy atom. The second-order valence-corrected chi connectivity index (χ2v) is 10.6. The van der Waals surface area contributed by atoms with E-state index >= 15 is 0 Å². The number of aromatic nitrogens is 2. The molecule has 0 radical (unpaired) electrons. The molecule has 3 unspecified atom stereocenters. The Balaban J connectivity index is 1.42. The number of fused-ring (bicyclic) bond motifs is 2. The zero-order chi connectivity index (χ0) is 26.2. The number of nitrogens with one attached hydrogen (secondary N) is 3. The molecule has 2 fully saturated rings. The number of nitrogens with zero attached hydrogens (tertiary/aromatic N) is 2. The first-order chi connectivity index (χ1) is 17.7. The molecule has 4 N–H and O–H groups in total. The average Bonchev–Trinajstić information content (AvgIpc) is 3.22. The maximum absolute atomic E-state index is 13.3. The van der Waals surface area contributed by atoms with Crippen molar-refractivity contribution in [3.05, 3.63) is 53.7 Å². The van der Waals surface area contributed by atoms with Gasteiger partial charge in [-0.1, -0.05) is 37.1 Å². The summed E-state index contributed by atoms with van der Waals surface area (Å²) in [4.78, 5) is 25.8. The number of anilines is 1. The molecule has 5 rings (SSSR count). The molecular formula is C28H35N5O4. The molecule has 0 spiro atoms. The van der Waals surface area contributed by atoms with Crippen molar-refractivity contribution in [3.63, 3.8) is 0 Å². The number of hydrazine groups is 1. The zero-order valence-corrected chi connectivity index (χ0v) is 21.6. The fraction of sp³-hybridized carbons (Fsp3) is 0.464. The summed E-state index contributed by atoms with van der Waals surface area (Å²) in [6, 6.07) is 13.1. The second kappa shape index (κ2) is 10.1.